The van der Waals surface area contributed by atoms with E-state index >= 15 is 0 Å². The molecule has 8 rings (SSSR count). The Hall–Kier alpha value is -4.98. The van der Waals surface area contributed by atoms with Crippen LogP contribution in [0.25, 0.3) is 33.3 Å². The standard InChI is InChI=1S/C48H63N7O6/c1-8-54-41-17-16-33-24-36(41)38(43(54)37-25-35(27-49-42(37)30(2)56)53-21-20-52-18-10-14-34(52)28-53)26-48(6,7)29-60-45(58)39-15-11-19-55(51-39)44(57)40(50-46(59)61-47(3,4)5)23-31-12-9-13-32(33)22-31/h9,12-13,16-17,22,24-25,27,30,34,39-40,51,56H,8,10-11,14-15,18-21,23,26,28-29H2,1-7H3,(H,50,59)/t30-,34+,39-,40-/m0/s1. The number of hydrogen-bond acceptors (Lipinski definition) is 10. The highest BCUT2D eigenvalue weighted by Gasteiger charge is 2.37. The Kier molecular flexibility index (Phi) is 11.9. The summed E-state index contributed by atoms with van der Waals surface area (Å²) in [4.78, 5) is 51.3. The van der Waals surface area contributed by atoms with Gasteiger partial charge in [-0.15, -0.1) is 0 Å². The average Bonchev–Trinajstić information content (AvgIpc) is 3.82. The number of carbonyl (C=O) groups is 3. The Bertz CT molecular complexity index is 2300. The number of fused-ring (bicyclic) bond motifs is 7. The summed E-state index contributed by atoms with van der Waals surface area (Å²) < 4.78 is 14.1. The number of aliphatic hydroxyl groups excluding tert-OH is 1. The number of hydrogen-bond donors (Lipinski definition) is 3. The topological polar surface area (TPSA) is 142 Å². The molecule has 3 saturated heterocycles. The van der Waals surface area contributed by atoms with Crippen molar-refractivity contribution in [1.29, 1.82) is 0 Å². The lowest BCUT2D eigenvalue weighted by Gasteiger charge is -2.39. The third-order valence-corrected chi connectivity index (χ3v) is 12.7. The minimum absolute atomic E-state index is 0.147. The van der Waals surface area contributed by atoms with Gasteiger partial charge in [-0.25, -0.2) is 10.2 Å². The zero-order valence-electron chi connectivity index (χ0n) is 36.9. The molecule has 0 unspecified atom stereocenters. The Morgan fingerprint density at radius 1 is 1.05 bits per heavy atom. The van der Waals surface area contributed by atoms with Crippen LogP contribution in [0.4, 0.5) is 10.5 Å². The lowest BCUT2D eigenvalue weighted by molar-refractivity contribution is -0.155. The maximum atomic E-state index is 14.2. The highest BCUT2D eigenvalue weighted by Crippen LogP contribution is 2.43. The average molecular weight is 834 g/mol. The normalized spacial score (nSPS) is 23.0. The van der Waals surface area contributed by atoms with E-state index in [9.17, 15) is 19.5 Å². The number of aliphatic hydroxyl groups is 1. The van der Waals surface area contributed by atoms with Gasteiger partial charge >= 0.3 is 12.1 Å². The van der Waals surface area contributed by atoms with Crippen LogP contribution < -0.4 is 15.6 Å². The molecule has 3 N–H and O–H groups in total. The van der Waals surface area contributed by atoms with E-state index in [-0.39, 0.29) is 18.9 Å². The number of nitrogens with one attached hydrogen (secondary N) is 2. The summed E-state index contributed by atoms with van der Waals surface area (Å²) in [6.45, 7) is 18.8. The molecule has 4 aliphatic heterocycles. The lowest BCUT2D eigenvalue weighted by Crippen LogP contribution is -2.60. The predicted molar refractivity (Wildman–Crippen MR) is 237 cm³/mol. The van der Waals surface area contributed by atoms with Crippen LogP contribution in [0, 0.1) is 5.41 Å². The summed E-state index contributed by atoms with van der Waals surface area (Å²) >= 11 is 0. The van der Waals surface area contributed by atoms with Crippen LogP contribution in [0.3, 0.4) is 0 Å². The van der Waals surface area contributed by atoms with Gasteiger partial charge in [0.1, 0.15) is 17.7 Å². The third kappa shape index (κ3) is 9.15. The number of piperazine rings is 1. The SMILES string of the molecule is CCn1c(-c2cc(N3CCN4CCC[C@@H]4C3)cnc2[C@H](C)O)c2c3cc(ccc31)-c1cccc(c1)C[C@H](NC(=O)OC(C)(C)C)C(=O)N1CCC[C@H](N1)C(=O)OCC(C)(C)C2. The Labute approximate surface area is 359 Å². The van der Waals surface area contributed by atoms with Crippen molar-refractivity contribution in [2.45, 2.75) is 123 Å². The molecule has 4 aromatic rings. The van der Waals surface area contributed by atoms with Gasteiger partial charge in [0.05, 0.1) is 36.0 Å². The van der Waals surface area contributed by atoms with Gasteiger partial charge < -0.3 is 29.4 Å². The summed E-state index contributed by atoms with van der Waals surface area (Å²) in [5, 5.41) is 16.7. The van der Waals surface area contributed by atoms with Crippen molar-refractivity contribution in [2.75, 3.05) is 44.2 Å². The molecule has 0 aliphatic carbocycles. The molecule has 0 spiro atoms. The predicted octanol–water partition coefficient (Wildman–Crippen LogP) is 6.78. The highest BCUT2D eigenvalue weighted by atomic mass is 16.6. The van der Waals surface area contributed by atoms with Gasteiger partial charge in [0.25, 0.3) is 5.91 Å². The van der Waals surface area contributed by atoms with Crippen LogP contribution in [0.15, 0.2) is 54.7 Å². The van der Waals surface area contributed by atoms with Crippen molar-refractivity contribution in [3.05, 3.63) is 71.5 Å². The van der Waals surface area contributed by atoms with Crippen molar-refractivity contribution < 1.29 is 29.0 Å². The molecule has 3 fully saturated rings. The monoisotopic (exact) mass is 833 g/mol. The van der Waals surface area contributed by atoms with E-state index in [1.165, 1.54) is 24.4 Å². The largest absolute Gasteiger partial charge is 0.464 e. The molecule has 6 bridgehead atoms. The molecule has 13 heteroatoms. The van der Waals surface area contributed by atoms with Crippen molar-refractivity contribution in [3.63, 3.8) is 0 Å². The molecular weight excluding hydrogens is 771 g/mol. The summed E-state index contributed by atoms with van der Waals surface area (Å²) in [5.74, 6) is -0.782. The van der Waals surface area contributed by atoms with Gasteiger partial charge in [-0.2, -0.15) is 0 Å². The number of rotatable bonds is 5. The smallest absolute Gasteiger partial charge is 0.408 e. The summed E-state index contributed by atoms with van der Waals surface area (Å²) in [7, 11) is 0. The van der Waals surface area contributed by atoms with Crippen molar-refractivity contribution >= 4 is 34.6 Å². The first-order chi connectivity index (χ1) is 29.1. The molecule has 6 heterocycles. The van der Waals surface area contributed by atoms with E-state index in [2.05, 4.69) is 82.3 Å². The zero-order chi connectivity index (χ0) is 43.2. The summed E-state index contributed by atoms with van der Waals surface area (Å²) in [5.41, 5.74) is 10.5. The number of aryl methyl sites for hydroxylation is 1. The van der Waals surface area contributed by atoms with E-state index in [0.717, 1.165) is 69.7 Å². The Morgan fingerprint density at radius 2 is 1.84 bits per heavy atom. The molecule has 13 nitrogen and oxygen atoms in total. The Morgan fingerprint density at radius 3 is 2.61 bits per heavy atom. The fourth-order valence-electron chi connectivity index (χ4n) is 9.77. The number of alkyl carbamates (subject to hydrolysis) is 1. The molecule has 2 aromatic heterocycles. The van der Waals surface area contributed by atoms with Crippen LogP contribution >= 0.6 is 0 Å². The second kappa shape index (κ2) is 17.1. The molecule has 4 atom stereocenters. The molecule has 2 amide bonds. The molecule has 61 heavy (non-hydrogen) atoms. The van der Waals surface area contributed by atoms with E-state index < -0.39 is 41.3 Å². The molecular formula is C48H63N7O6. The molecule has 0 saturated carbocycles. The van der Waals surface area contributed by atoms with Crippen LogP contribution in [-0.2, 0) is 38.4 Å². The number of amides is 2. The quantitative estimate of drug-likeness (QED) is 0.184. The number of anilines is 1. The van der Waals surface area contributed by atoms with E-state index in [1.54, 1.807) is 27.7 Å². The molecule has 2 aromatic carbocycles. The summed E-state index contributed by atoms with van der Waals surface area (Å²) in [6, 6.07) is 15.7. The minimum Gasteiger partial charge on any atom is -0.464 e. The van der Waals surface area contributed by atoms with E-state index in [1.807, 2.05) is 18.3 Å². The van der Waals surface area contributed by atoms with Gasteiger partial charge in [0, 0.05) is 67.1 Å². The number of benzene rings is 2. The molecule has 0 radical (unpaired) electrons. The maximum Gasteiger partial charge on any atom is 0.408 e. The van der Waals surface area contributed by atoms with Crippen LogP contribution in [0.5, 0.6) is 0 Å². The number of esters is 1. The summed E-state index contributed by atoms with van der Waals surface area (Å²) in [6.07, 6.45) is 4.76. The fraction of sp³-hybridized carbons (Fsp3) is 0.542. The second-order valence-electron chi connectivity index (χ2n) is 19.2. The van der Waals surface area contributed by atoms with Crippen LogP contribution in [0.2, 0.25) is 0 Å². The van der Waals surface area contributed by atoms with Crippen LogP contribution in [0.1, 0.15) is 97.1 Å². The van der Waals surface area contributed by atoms with Crippen molar-refractivity contribution in [1.82, 2.24) is 30.2 Å². The Balaban J connectivity index is 1.26. The van der Waals surface area contributed by atoms with Crippen molar-refractivity contribution in [3.8, 4) is 22.4 Å². The fourth-order valence-corrected chi connectivity index (χ4v) is 9.77. The first-order valence-corrected chi connectivity index (χ1v) is 22.2. The number of ether oxygens (including phenoxy) is 2. The van der Waals surface area contributed by atoms with Gasteiger partial charge in [-0.3, -0.25) is 24.5 Å². The van der Waals surface area contributed by atoms with Gasteiger partial charge in [0.15, 0.2) is 0 Å². The van der Waals surface area contributed by atoms with Crippen molar-refractivity contribution in [2.24, 2.45) is 5.41 Å². The minimum atomic E-state index is -0.963. The third-order valence-electron chi connectivity index (χ3n) is 12.7. The maximum absolute atomic E-state index is 14.2. The second-order valence-corrected chi connectivity index (χ2v) is 19.2. The highest BCUT2D eigenvalue weighted by molar-refractivity contribution is 5.96. The van der Waals surface area contributed by atoms with Crippen LogP contribution in [-0.4, -0.2) is 106 Å². The first kappa shape index (κ1) is 42.7. The van der Waals surface area contributed by atoms with E-state index in [4.69, 9.17) is 14.5 Å². The number of hydrazine groups is 1. The number of carbonyl (C=O) groups excluding carboxylic acids is 3. The van der Waals surface area contributed by atoms with Gasteiger partial charge in [0.2, 0.25) is 0 Å². The molecule has 326 valence electrons. The number of pyridine rings is 1. The van der Waals surface area contributed by atoms with Gasteiger partial charge in [-0.1, -0.05) is 44.2 Å². The lowest BCUT2D eigenvalue weighted by atomic mass is 9.84. The zero-order valence-corrected chi connectivity index (χ0v) is 36.9. The van der Waals surface area contributed by atoms with Gasteiger partial charge in [-0.05, 0) is 114 Å². The first-order valence-electron chi connectivity index (χ1n) is 22.2. The number of nitrogens with zero attached hydrogens (tertiary/aromatic N) is 5. The van der Waals surface area contributed by atoms with E-state index in [0.29, 0.717) is 44.1 Å². The number of aromatic nitrogens is 2. The number of cyclic esters (lactones) is 1. The molecule has 4 aliphatic rings.